The highest BCUT2D eigenvalue weighted by atomic mass is 35.5. The number of piperidine rings is 1. The molecule has 2 aromatic heterocycles. The lowest BCUT2D eigenvalue weighted by Crippen LogP contribution is -2.47. The van der Waals surface area contributed by atoms with E-state index in [4.69, 9.17) is 4.74 Å². The summed E-state index contributed by atoms with van der Waals surface area (Å²) in [5.41, 5.74) is -0.339. The van der Waals surface area contributed by atoms with Crippen molar-refractivity contribution in [3.05, 3.63) is 33.7 Å². The summed E-state index contributed by atoms with van der Waals surface area (Å²) < 4.78 is 6.74. The van der Waals surface area contributed by atoms with E-state index in [-0.39, 0.29) is 34.9 Å². The Balaban J connectivity index is 0.00000208. The largest absolute Gasteiger partial charge is 0.384 e. The van der Waals surface area contributed by atoms with Crippen molar-refractivity contribution in [2.45, 2.75) is 12.8 Å². The monoisotopic (exact) mass is 372 g/mol. The van der Waals surface area contributed by atoms with Gasteiger partial charge in [0.15, 0.2) is 4.96 Å². The third-order valence-corrected chi connectivity index (χ3v) is 5.10. The first-order valence-electron chi connectivity index (χ1n) is 7.58. The van der Waals surface area contributed by atoms with Gasteiger partial charge in [0, 0.05) is 36.8 Å². The first-order chi connectivity index (χ1) is 11.2. The van der Waals surface area contributed by atoms with Crippen molar-refractivity contribution in [3.63, 3.8) is 0 Å². The summed E-state index contributed by atoms with van der Waals surface area (Å²) in [6.07, 6.45) is 4.85. The number of thiazole rings is 1. The molecule has 0 aliphatic carbocycles. The van der Waals surface area contributed by atoms with E-state index < -0.39 is 0 Å². The first-order valence-corrected chi connectivity index (χ1v) is 8.46. The number of carbonyl (C=O) groups excluding carboxylic acids is 1. The average Bonchev–Trinajstić information content (AvgIpc) is 3.04. The number of methoxy groups -OCH3 is 1. The summed E-state index contributed by atoms with van der Waals surface area (Å²) in [6.45, 7) is 2.90. The molecule has 2 aromatic rings. The molecule has 3 heterocycles. The number of rotatable bonds is 5. The van der Waals surface area contributed by atoms with Crippen LogP contribution in [0.3, 0.4) is 0 Å². The molecule has 0 aromatic carbocycles. The summed E-state index contributed by atoms with van der Waals surface area (Å²) in [7, 11) is 1.67. The van der Waals surface area contributed by atoms with Crippen LogP contribution in [0.15, 0.2) is 22.6 Å². The normalized spacial score (nSPS) is 16.5. The van der Waals surface area contributed by atoms with Crippen LogP contribution in [0.1, 0.15) is 23.2 Å². The number of nitrogens with zero attached hydrogens (tertiary/aromatic N) is 2. The van der Waals surface area contributed by atoms with Gasteiger partial charge in [0.2, 0.25) is 0 Å². The quantitative estimate of drug-likeness (QED) is 0.815. The van der Waals surface area contributed by atoms with E-state index in [1.807, 2.05) is 0 Å². The predicted molar refractivity (Wildman–Crippen MR) is 95.3 cm³/mol. The number of hydrogen-bond acceptors (Lipinski definition) is 6. The number of carbonyl (C=O) groups is 1. The van der Waals surface area contributed by atoms with E-state index in [0.29, 0.717) is 18.1 Å². The molecule has 0 spiro atoms. The number of fused-ring (bicyclic) bond motifs is 1. The van der Waals surface area contributed by atoms with Gasteiger partial charge in [0.05, 0.1) is 6.61 Å². The molecule has 24 heavy (non-hydrogen) atoms. The van der Waals surface area contributed by atoms with Crippen LogP contribution >= 0.6 is 23.7 Å². The van der Waals surface area contributed by atoms with E-state index in [1.54, 1.807) is 18.7 Å². The molecule has 132 valence electrons. The fourth-order valence-corrected chi connectivity index (χ4v) is 3.65. The van der Waals surface area contributed by atoms with Crippen LogP contribution in [0.4, 0.5) is 0 Å². The summed E-state index contributed by atoms with van der Waals surface area (Å²) >= 11 is 1.36. The van der Waals surface area contributed by atoms with Gasteiger partial charge < -0.3 is 15.4 Å². The zero-order valence-corrected chi connectivity index (χ0v) is 15.0. The Morgan fingerprint density at radius 1 is 1.50 bits per heavy atom. The number of aromatic nitrogens is 2. The summed E-state index contributed by atoms with van der Waals surface area (Å²) in [5.74, 6) is -0.378. The number of hydrogen-bond donors (Lipinski definition) is 2. The van der Waals surface area contributed by atoms with Crippen LogP contribution < -0.4 is 16.2 Å². The maximum atomic E-state index is 12.4. The van der Waals surface area contributed by atoms with Crippen molar-refractivity contribution in [1.29, 1.82) is 0 Å². The van der Waals surface area contributed by atoms with Crippen LogP contribution in [-0.4, -0.2) is 48.6 Å². The Bertz CT molecular complexity index is 749. The van der Waals surface area contributed by atoms with E-state index in [1.165, 1.54) is 21.9 Å². The fourth-order valence-electron chi connectivity index (χ4n) is 2.98. The minimum Gasteiger partial charge on any atom is -0.384 e. The topological polar surface area (TPSA) is 84.7 Å². The molecule has 9 heteroatoms. The Labute approximate surface area is 149 Å². The number of halogens is 1. The summed E-state index contributed by atoms with van der Waals surface area (Å²) in [4.78, 5) is 29.5. The minimum atomic E-state index is -0.378. The average molecular weight is 373 g/mol. The highest BCUT2D eigenvalue weighted by Gasteiger charge is 2.32. The molecule has 1 aliphatic rings. The Morgan fingerprint density at radius 3 is 2.96 bits per heavy atom. The standard InChI is InChI=1S/C15H20N4O3S.ClH/c1-22-10-15(2-4-16-5-3-15)9-18-12(20)11-8-17-14-19(13(11)21)6-7-23-14;/h6-8,16H,2-5,9-10H2,1H3,(H,18,20);1H. The smallest absolute Gasteiger partial charge is 0.271 e. The van der Waals surface area contributed by atoms with Gasteiger partial charge in [0.1, 0.15) is 5.56 Å². The molecule has 0 radical (unpaired) electrons. The van der Waals surface area contributed by atoms with Crippen molar-refractivity contribution < 1.29 is 9.53 Å². The van der Waals surface area contributed by atoms with Gasteiger partial charge in [-0.1, -0.05) is 0 Å². The van der Waals surface area contributed by atoms with Gasteiger partial charge in [0.25, 0.3) is 11.5 Å². The summed E-state index contributed by atoms with van der Waals surface area (Å²) in [6, 6.07) is 0. The Hall–Kier alpha value is -1.48. The van der Waals surface area contributed by atoms with Crippen molar-refractivity contribution in [3.8, 4) is 0 Å². The van der Waals surface area contributed by atoms with E-state index in [2.05, 4.69) is 15.6 Å². The molecule has 1 amide bonds. The highest BCUT2D eigenvalue weighted by Crippen LogP contribution is 2.28. The Kier molecular flexibility index (Phi) is 6.34. The van der Waals surface area contributed by atoms with E-state index in [0.717, 1.165) is 25.9 Å². The lowest BCUT2D eigenvalue weighted by atomic mass is 9.79. The molecule has 0 saturated carbocycles. The maximum Gasteiger partial charge on any atom is 0.271 e. The third-order valence-electron chi connectivity index (χ3n) is 4.33. The highest BCUT2D eigenvalue weighted by molar-refractivity contribution is 7.15. The van der Waals surface area contributed by atoms with Gasteiger partial charge >= 0.3 is 0 Å². The lowest BCUT2D eigenvalue weighted by Gasteiger charge is -2.37. The molecular formula is C15H21ClN4O3S. The SMILES string of the molecule is COCC1(CNC(=O)c2cnc3sccn3c2=O)CCNCC1.Cl. The predicted octanol–water partition coefficient (Wildman–Crippen LogP) is 0.924. The number of amides is 1. The molecule has 3 rings (SSSR count). The van der Waals surface area contributed by atoms with E-state index in [9.17, 15) is 9.59 Å². The van der Waals surface area contributed by atoms with Gasteiger partial charge in [-0.2, -0.15) is 0 Å². The van der Waals surface area contributed by atoms with Crippen LogP contribution in [0.5, 0.6) is 0 Å². The minimum absolute atomic E-state index is 0. The first kappa shape index (κ1) is 18.9. The van der Waals surface area contributed by atoms with Crippen LogP contribution in [0.25, 0.3) is 4.96 Å². The van der Waals surface area contributed by atoms with E-state index >= 15 is 0 Å². The second-order valence-electron chi connectivity index (χ2n) is 5.90. The molecule has 7 nitrogen and oxygen atoms in total. The Morgan fingerprint density at radius 2 is 2.25 bits per heavy atom. The van der Waals surface area contributed by atoms with Crippen LogP contribution in [0.2, 0.25) is 0 Å². The zero-order chi connectivity index (χ0) is 16.3. The summed E-state index contributed by atoms with van der Waals surface area (Å²) in [5, 5.41) is 7.98. The molecule has 1 saturated heterocycles. The maximum absolute atomic E-state index is 12.4. The second kappa shape index (κ2) is 8.06. The zero-order valence-electron chi connectivity index (χ0n) is 13.4. The van der Waals surface area contributed by atoms with Crippen molar-refractivity contribution in [2.24, 2.45) is 5.41 Å². The van der Waals surface area contributed by atoms with Crippen molar-refractivity contribution in [1.82, 2.24) is 20.0 Å². The lowest BCUT2D eigenvalue weighted by molar-refractivity contribution is 0.0511. The fraction of sp³-hybridized carbons (Fsp3) is 0.533. The molecule has 1 fully saturated rings. The molecule has 1 aliphatic heterocycles. The van der Waals surface area contributed by atoms with Gasteiger partial charge in [-0.15, -0.1) is 23.7 Å². The number of nitrogens with one attached hydrogen (secondary N) is 2. The molecule has 2 N–H and O–H groups in total. The number of ether oxygens (including phenoxy) is 1. The van der Waals surface area contributed by atoms with Gasteiger partial charge in [-0.3, -0.25) is 14.0 Å². The van der Waals surface area contributed by atoms with Crippen LogP contribution in [-0.2, 0) is 4.74 Å². The van der Waals surface area contributed by atoms with Gasteiger partial charge in [-0.05, 0) is 25.9 Å². The molecular weight excluding hydrogens is 352 g/mol. The molecule has 0 unspecified atom stereocenters. The third kappa shape index (κ3) is 3.77. The van der Waals surface area contributed by atoms with Crippen molar-refractivity contribution >= 4 is 34.6 Å². The molecule has 0 bridgehead atoms. The van der Waals surface area contributed by atoms with Crippen LogP contribution in [0, 0.1) is 5.41 Å². The van der Waals surface area contributed by atoms with Gasteiger partial charge in [-0.25, -0.2) is 4.98 Å². The van der Waals surface area contributed by atoms with Crippen molar-refractivity contribution in [2.75, 3.05) is 33.4 Å². The second-order valence-corrected chi connectivity index (χ2v) is 6.77. The molecule has 0 atom stereocenters.